The highest BCUT2D eigenvalue weighted by Crippen LogP contribution is 2.65. The number of phenols is 1. The molecular weight excluding hydrogens is 691 g/mol. The fraction of sp³-hybridized carbons (Fsp3) is 0.718. The van der Waals surface area contributed by atoms with Gasteiger partial charge in [0.05, 0.1) is 43.2 Å². The van der Waals surface area contributed by atoms with E-state index in [1.54, 1.807) is 0 Å². The molecule has 14 heteroatoms. The quantitative estimate of drug-likeness (QED) is 0.171. The Morgan fingerprint density at radius 1 is 1.02 bits per heavy atom. The average molecular weight is 746 g/mol. The van der Waals surface area contributed by atoms with Gasteiger partial charge in [-0.2, -0.15) is 13.2 Å². The molecule has 2 heterocycles. The van der Waals surface area contributed by atoms with E-state index < -0.39 is 41.8 Å². The lowest BCUT2D eigenvalue weighted by Gasteiger charge is -2.53. The van der Waals surface area contributed by atoms with E-state index in [0.29, 0.717) is 35.7 Å². The number of alkyl halides is 3. The number of aromatic hydroxyl groups is 1. The summed E-state index contributed by atoms with van der Waals surface area (Å²) >= 11 is 0. The summed E-state index contributed by atoms with van der Waals surface area (Å²) in [5.74, 6) is 1.47. The number of aliphatic hydroxyl groups is 3. The lowest BCUT2D eigenvalue weighted by molar-refractivity contribution is -0.152. The molecule has 53 heavy (non-hydrogen) atoms. The number of aromatic nitrogens is 2. The maximum absolute atomic E-state index is 13.0. The number of rotatable bonds is 10. The van der Waals surface area contributed by atoms with Crippen LogP contribution in [0.1, 0.15) is 107 Å². The van der Waals surface area contributed by atoms with Gasteiger partial charge in [0, 0.05) is 12.1 Å². The monoisotopic (exact) mass is 745 g/mol. The number of aliphatic hydroxyl groups excluding tert-OH is 2. The number of benzene rings is 1. The first-order valence-corrected chi connectivity index (χ1v) is 19.4. The number of fused-ring (bicyclic) bond motifs is 5. The Hall–Kier alpha value is -3.04. The molecule has 4 fully saturated rings. The first-order valence-electron chi connectivity index (χ1n) is 19.4. The zero-order valence-electron chi connectivity index (χ0n) is 30.3. The summed E-state index contributed by atoms with van der Waals surface area (Å²) in [6, 6.07) is 5.28. The van der Waals surface area contributed by atoms with Crippen LogP contribution >= 0.6 is 0 Å². The molecule has 1 saturated heterocycles. The third-order valence-electron chi connectivity index (χ3n) is 13.6. The van der Waals surface area contributed by atoms with E-state index in [9.17, 15) is 38.4 Å². The number of carbonyl (C=O) groups is 1. The highest BCUT2D eigenvalue weighted by Gasteiger charge is 2.61. The molecule has 292 valence electrons. The second-order valence-electron chi connectivity index (χ2n) is 16.6. The summed E-state index contributed by atoms with van der Waals surface area (Å²) in [6.07, 6.45) is 4.35. The zero-order chi connectivity index (χ0) is 37.5. The third kappa shape index (κ3) is 7.89. The Morgan fingerprint density at radius 3 is 2.57 bits per heavy atom. The van der Waals surface area contributed by atoms with E-state index in [1.165, 1.54) is 11.1 Å². The van der Waals surface area contributed by atoms with Gasteiger partial charge in [-0.1, -0.05) is 13.0 Å². The van der Waals surface area contributed by atoms with Gasteiger partial charge < -0.3 is 41.1 Å². The number of ether oxygens (including phenoxy) is 1. The maximum Gasteiger partial charge on any atom is 0.434 e. The van der Waals surface area contributed by atoms with Gasteiger partial charge in [0.2, 0.25) is 5.91 Å². The van der Waals surface area contributed by atoms with Crippen molar-refractivity contribution >= 4 is 11.7 Å². The van der Waals surface area contributed by atoms with Crippen LogP contribution in [0.4, 0.5) is 19.0 Å². The van der Waals surface area contributed by atoms with Crippen LogP contribution in [0, 0.1) is 17.3 Å². The van der Waals surface area contributed by atoms with Crippen molar-refractivity contribution in [1.82, 2.24) is 20.6 Å². The summed E-state index contributed by atoms with van der Waals surface area (Å²) in [5.41, 5.74) is 0.792. The number of carbonyl (C=O) groups excluding carboxylic acids is 1. The Morgan fingerprint density at radius 2 is 1.79 bits per heavy atom. The summed E-state index contributed by atoms with van der Waals surface area (Å²) in [4.78, 5) is 19.9. The van der Waals surface area contributed by atoms with Gasteiger partial charge in [0.1, 0.15) is 23.8 Å². The van der Waals surface area contributed by atoms with E-state index in [2.05, 4.69) is 38.9 Å². The summed E-state index contributed by atoms with van der Waals surface area (Å²) < 4.78 is 44.6. The predicted octanol–water partition coefficient (Wildman–Crippen LogP) is 4.58. The largest absolute Gasteiger partial charge is 0.508 e. The molecule has 5 aliphatic rings. The standard InChI is InChI=1S/C39H54F3N5O6/c1-37-14-11-27-26-10-8-25(48)17-22(26)3-9-28(27)29(37)12-15-38(37,52)13-2-16-44-23-4-6-24(7-5-23)45-34(49)18-31-36(51)35(50)30(21-53-31)46-33-20-43-19-32(47-33)39(40,41)42/h8,10,17,19-20,23-24,27-31,35-36,44,48,50-52H,2-7,9,11-16,18,21H2,1H3,(H,45,49)(H,46,47)/t23?,24?,27-,28-,29+,30+,31-,35-,36+,37+,38+/m1/s1. The van der Waals surface area contributed by atoms with Crippen LogP contribution in [-0.2, 0) is 22.1 Å². The van der Waals surface area contributed by atoms with Gasteiger partial charge in [-0.3, -0.25) is 9.78 Å². The number of nitrogens with one attached hydrogen (secondary N) is 3. The molecule has 0 radical (unpaired) electrons. The fourth-order valence-electron chi connectivity index (χ4n) is 10.6. The summed E-state index contributed by atoms with van der Waals surface area (Å²) in [6.45, 7) is 3.03. The Balaban J connectivity index is 0.806. The van der Waals surface area contributed by atoms with E-state index in [4.69, 9.17) is 4.74 Å². The van der Waals surface area contributed by atoms with Crippen molar-refractivity contribution in [2.75, 3.05) is 18.5 Å². The number of hydrogen-bond acceptors (Lipinski definition) is 10. The number of hydrogen-bond donors (Lipinski definition) is 7. The predicted molar refractivity (Wildman–Crippen MR) is 190 cm³/mol. The van der Waals surface area contributed by atoms with E-state index >= 15 is 0 Å². The highest BCUT2D eigenvalue weighted by atomic mass is 19.4. The number of phenolic OH excluding ortho intramolecular Hbond substituents is 1. The van der Waals surface area contributed by atoms with Crippen LogP contribution in [0.2, 0.25) is 0 Å². The van der Waals surface area contributed by atoms with Crippen molar-refractivity contribution in [3.63, 3.8) is 0 Å². The molecule has 7 rings (SSSR count). The molecule has 2 aromatic rings. The van der Waals surface area contributed by atoms with Crippen molar-refractivity contribution in [2.24, 2.45) is 17.3 Å². The molecule has 1 amide bonds. The molecule has 1 aromatic carbocycles. The smallest absolute Gasteiger partial charge is 0.434 e. The Kier molecular flexibility index (Phi) is 11.0. The maximum atomic E-state index is 13.0. The SMILES string of the molecule is C[C@]12CC[C@@H]3c4ccc(O)cc4CC[C@H]3[C@@H]1CC[C@@]2(O)CCCNC1CCC(NC(=O)C[C@H]2OC[C@H](Nc3cncc(C(F)(F)F)n3)[C@@H](O)[C@H]2O)CC1. The number of aryl methyl sites for hydroxylation is 1. The van der Waals surface area contributed by atoms with Crippen LogP contribution < -0.4 is 16.0 Å². The van der Waals surface area contributed by atoms with Gasteiger partial charge >= 0.3 is 6.18 Å². The van der Waals surface area contributed by atoms with Crippen LogP contribution in [0.3, 0.4) is 0 Å². The molecule has 1 aromatic heterocycles. The second kappa shape index (κ2) is 15.2. The second-order valence-corrected chi connectivity index (χ2v) is 16.6. The van der Waals surface area contributed by atoms with E-state index in [1.807, 2.05) is 12.1 Å². The molecule has 7 N–H and O–H groups in total. The van der Waals surface area contributed by atoms with Gasteiger partial charge in [0.25, 0.3) is 0 Å². The topological polar surface area (TPSA) is 169 Å². The molecular formula is C39H54F3N5O6. The third-order valence-corrected chi connectivity index (χ3v) is 13.6. The van der Waals surface area contributed by atoms with E-state index in [0.717, 1.165) is 89.8 Å². The van der Waals surface area contributed by atoms with Gasteiger partial charge in [-0.25, -0.2) is 4.98 Å². The normalized spacial score (nSPS) is 36.9. The first kappa shape index (κ1) is 38.2. The summed E-state index contributed by atoms with van der Waals surface area (Å²) in [5, 5.41) is 52.8. The van der Waals surface area contributed by atoms with Crippen molar-refractivity contribution in [3.05, 3.63) is 47.4 Å². The number of halogens is 3. The van der Waals surface area contributed by atoms with Crippen molar-refractivity contribution in [3.8, 4) is 5.75 Å². The van der Waals surface area contributed by atoms with Crippen molar-refractivity contribution < 1.29 is 43.1 Å². The fourth-order valence-corrected chi connectivity index (χ4v) is 10.6. The number of anilines is 1. The minimum atomic E-state index is -4.68. The molecule has 0 spiro atoms. The number of nitrogens with zero attached hydrogens (tertiary/aromatic N) is 2. The van der Waals surface area contributed by atoms with Gasteiger partial charge in [-0.05, 0) is 130 Å². The van der Waals surface area contributed by atoms with Crippen LogP contribution in [-0.4, -0.2) is 91.5 Å². The van der Waals surface area contributed by atoms with Crippen LogP contribution in [0.25, 0.3) is 0 Å². The zero-order valence-corrected chi connectivity index (χ0v) is 30.3. The molecule has 11 nitrogen and oxygen atoms in total. The molecule has 4 aliphatic carbocycles. The number of amides is 1. The summed E-state index contributed by atoms with van der Waals surface area (Å²) in [7, 11) is 0. The minimum absolute atomic E-state index is 0.0104. The van der Waals surface area contributed by atoms with Crippen LogP contribution in [0.5, 0.6) is 5.75 Å². The minimum Gasteiger partial charge on any atom is -0.508 e. The van der Waals surface area contributed by atoms with Crippen LogP contribution in [0.15, 0.2) is 30.6 Å². The van der Waals surface area contributed by atoms with Gasteiger partial charge in [-0.15, -0.1) is 0 Å². The van der Waals surface area contributed by atoms with Crippen molar-refractivity contribution in [2.45, 2.75) is 145 Å². The van der Waals surface area contributed by atoms with Gasteiger partial charge in [0.15, 0.2) is 5.69 Å². The Labute approximate surface area is 308 Å². The molecule has 0 unspecified atom stereocenters. The van der Waals surface area contributed by atoms with E-state index in [-0.39, 0.29) is 36.2 Å². The molecule has 3 saturated carbocycles. The average Bonchev–Trinajstić information content (AvgIpc) is 3.40. The Bertz CT molecular complexity index is 1610. The lowest BCUT2D eigenvalue weighted by atomic mass is 9.53. The molecule has 9 atom stereocenters. The van der Waals surface area contributed by atoms with Crippen molar-refractivity contribution in [1.29, 1.82) is 0 Å². The first-order chi connectivity index (χ1) is 25.2. The lowest BCUT2D eigenvalue weighted by Crippen LogP contribution is -2.56. The molecule has 0 bridgehead atoms. The molecule has 1 aliphatic heterocycles. The highest BCUT2D eigenvalue weighted by molar-refractivity contribution is 5.77.